The lowest BCUT2D eigenvalue weighted by Gasteiger charge is -2.24. The van der Waals surface area contributed by atoms with Crippen LogP contribution in [-0.4, -0.2) is 37.0 Å². The molecule has 5 rings (SSSR count). The minimum atomic E-state index is -2.99. The van der Waals surface area contributed by atoms with Crippen LogP contribution in [0.4, 0.5) is 18.9 Å². The van der Waals surface area contributed by atoms with E-state index < -0.39 is 18.0 Å². The van der Waals surface area contributed by atoms with Crippen LogP contribution in [0.25, 0.3) is 0 Å². The van der Waals surface area contributed by atoms with Gasteiger partial charge in [0.2, 0.25) is 5.88 Å². The number of hydrogen-bond donors (Lipinski definition) is 2. The first-order valence-electron chi connectivity index (χ1n) is 11.5. The van der Waals surface area contributed by atoms with Crippen LogP contribution in [-0.2, 0) is 19.7 Å². The van der Waals surface area contributed by atoms with E-state index in [1.807, 2.05) is 0 Å². The second-order valence-corrected chi connectivity index (χ2v) is 10.1. The molecule has 2 unspecified atom stereocenters. The zero-order valence-corrected chi connectivity index (χ0v) is 20.3. The van der Waals surface area contributed by atoms with Crippen molar-refractivity contribution in [3.8, 4) is 5.88 Å². The van der Waals surface area contributed by atoms with Crippen molar-refractivity contribution in [1.29, 1.82) is 0 Å². The molecule has 192 valence electrons. The molecule has 12 heteroatoms. The van der Waals surface area contributed by atoms with E-state index in [0.717, 1.165) is 12.8 Å². The normalized spacial score (nSPS) is 25.4. The van der Waals surface area contributed by atoms with Gasteiger partial charge in [-0.3, -0.25) is 9.48 Å². The summed E-state index contributed by atoms with van der Waals surface area (Å²) in [5, 5.41) is 18.0. The number of anilines is 1. The highest BCUT2D eigenvalue weighted by Gasteiger charge is 2.51. The monoisotopic (exact) mass is 523 g/mol. The summed E-state index contributed by atoms with van der Waals surface area (Å²) in [4.78, 5) is 17.6. The highest BCUT2D eigenvalue weighted by atomic mass is 35.5. The van der Waals surface area contributed by atoms with Crippen molar-refractivity contribution in [3.63, 3.8) is 0 Å². The van der Waals surface area contributed by atoms with E-state index in [4.69, 9.17) is 11.6 Å². The Balaban J connectivity index is 1.30. The van der Waals surface area contributed by atoms with Crippen LogP contribution in [0.5, 0.6) is 5.88 Å². The number of aryl methyl sites for hydroxylation is 2. The Morgan fingerprint density at radius 2 is 1.94 bits per heavy atom. The Morgan fingerprint density at radius 1 is 1.25 bits per heavy atom. The van der Waals surface area contributed by atoms with E-state index in [1.54, 1.807) is 25.0 Å². The van der Waals surface area contributed by atoms with E-state index in [0.29, 0.717) is 35.6 Å². The number of carbonyl (C=O) groups is 1. The topological polar surface area (TPSA) is 94.2 Å². The molecule has 2 fully saturated rings. The van der Waals surface area contributed by atoms with Gasteiger partial charge in [0.25, 0.3) is 5.91 Å². The smallest absolute Gasteiger partial charge is 0.388 e. The lowest BCUT2D eigenvalue weighted by molar-refractivity contribution is -0.0531. The number of benzene rings is 1. The SMILES string of the molecule is Cn1cnc(C2CC3CC(O)(c4cc(OC(F)F)nn4C)CC3C2)c1C(=O)Nc1ccc(F)c(Cl)c1. The predicted octanol–water partition coefficient (Wildman–Crippen LogP) is 4.59. The number of imidazole rings is 1. The van der Waals surface area contributed by atoms with Gasteiger partial charge in [-0.05, 0) is 55.7 Å². The van der Waals surface area contributed by atoms with Gasteiger partial charge in [-0.2, -0.15) is 8.78 Å². The van der Waals surface area contributed by atoms with Gasteiger partial charge >= 0.3 is 6.61 Å². The minimum absolute atomic E-state index is 0.0209. The molecule has 1 aromatic carbocycles. The molecule has 2 aliphatic carbocycles. The fourth-order valence-electron chi connectivity index (χ4n) is 5.91. The number of aliphatic hydroxyl groups is 1. The van der Waals surface area contributed by atoms with Crippen LogP contribution in [0.2, 0.25) is 5.02 Å². The number of hydrogen-bond acceptors (Lipinski definition) is 5. The molecule has 2 saturated carbocycles. The molecule has 0 spiro atoms. The Morgan fingerprint density at radius 3 is 2.58 bits per heavy atom. The molecule has 36 heavy (non-hydrogen) atoms. The van der Waals surface area contributed by atoms with Crippen LogP contribution >= 0.6 is 11.6 Å². The maximum Gasteiger partial charge on any atom is 0.388 e. The number of aromatic nitrogens is 4. The third-order valence-electron chi connectivity index (χ3n) is 7.33. The average Bonchev–Trinajstić information content (AvgIpc) is 3.52. The first-order chi connectivity index (χ1) is 17.0. The molecule has 2 aromatic heterocycles. The van der Waals surface area contributed by atoms with Crippen molar-refractivity contribution in [2.75, 3.05) is 5.32 Å². The lowest BCUT2D eigenvalue weighted by atomic mass is 9.90. The number of nitrogens with zero attached hydrogens (tertiary/aromatic N) is 4. The highest BCUT2D eigenvalue weighted by molar-refractivity contribution is 6.31. The average molecular weight is 524 g/mol. The molecule has 2 N–H and O–H groups in total. The Hall–Kier alpha value is -3.05. The van der Waals surface area contributed by atoms with E-state index in [1.165, 1.54) is 28.9 Å². The van der Waals surface area contributed by atoms with Crippen molar-refractivity contribution >= 4 is 23.2 Å². The summed E-state index contributed by atoms with van der Waals surface area (Å²) in [6.07, 6.45) is 3.94. The fraction of sp³-hybridized carbons (Fsp3) is 0.458. The van der Waals surface area contributed by atoms with Crippen LogP contribution in [0.15, 0.2) is 30.6 Å². The number of ether oxygens (including phenoxy) is 1. The van der Waals surface area contributed by atoms with Gasteiger partial charge in [-0.25, -0.2) is 9.37 Å². The molecule has 1 amide bonds. The standard InChI is InChI=1S/C24H25ClF3N5O3/c1-32-11-29-20(21(32)22(34)30-15-3-4-17(26)16(25)7-15)12-5-13-9-24(35,10-14(13)6-12)18-8-19(31-33(18)2)36-23(27)28/h3-4,7-8,11-14,23,35H,5-6,9-10H2,1-2H3,(H,30,34). The zero-order chi connectivity index (χ0) is 25.8. The molecule has 0 radical (unpaired) electrons. The maximum atomic E-state index is 13.5. The molecule has 0 saturated heterocycles. The second kappa shape index (κ2) is 9.11. The third-order valence-corrected chi connectivity index (χ3v) is 7.62. The zero-order valence-electron chi connectivity index (χ0n) is 19.6. The number of halogens is 4. The summed E-state index contributed by atoms with van der Waals surface area (Å²) in [5.41, 5.74) is 0.710. The molecule has 2 atom stereocenters. The fourth-order valence-corrected chi connectivity index (χ4v) is 6.09. The quantitative estimate of drug-likeness (QED) is 0.493. The molecule has 2 aliphatic rings. The largest absolute Gasteiger partial charge is 0.415 e. The summed E-state index contributed by atoms with van der Waals surface area (Å²) in [5.74, 6) is -0.809. The van der Waals surface area contributed by atoms with Crippen LogP contribution in [0, 0.1) is 17.7 Å². The Bertz CT molecular complexity index is 1300. The van der Waals surface area contributed by atoms with Gasteiger partial charge in [0.15, 0.2) is 0 Å². The molecule has 0 aliphatic heterocycles. The number of fused-ring (bicyclic) bond motifs is 1. The van der Waals surface area contributed by atoms with Crippen molar-refractivity contribution in [3.05, 3.63) is 58.5 Å². The van der Waals surface area contributed by atoms with Gasteiger partial charge in [-0.15, -0.1) is 5.10 Å². The summed E-state index contributed by atoms with van der Waals surface area (Å²) in [6, 6.07) is 5.34. The molecule has 8 nitrogen and oxygen atoms in total. The molecular weight excluding hydrogens is 499 g/mol. The van der Waals surface area contributed by atoms with E-state index in [-0.39, 0.29) is 34.6 Å². The summed E-state index contributed by atoms with van der Waals surface area (Å²) >= 11 is 5.83. The number of alkyl halides is 2. The van der Waals surface area contributed by atoms with Crippen molar-refractivity contribution in [2.45, 2.75) is 43.8 Å². The van der Waals surface area contributed by atoms with Gasteiger partial charge < -0.3 is 19.7 Å². The number of carbonyl (C=O) groups excluding carboxylic acids is 1. The van der Waals surface area contributed by atoms with Crippen molar-refractivity contribution < 1.29 is 27.8 Å². The van der Waals surface area contributed by atoms with Gasteiger partial charge in [0.1, 0.15) is 17.1 Å². The summed E-state index contributed by atoms with van der Waals surface area (Å²) < 4.78 is 46.1. The first kappa shape index (κ1) is 24.6. The first-order valence-corrected chi connectivity index (χ1v) is 11.9. The van der Waals surface area contributed by atoms with Crippen LogP contribution in [0.3, 0.4) is 0 Å². The number of amides is 1. The Labute approximate surface area is 210 Å². The molecule has 0 bridgehead atoms. The number of rotatable bonds is 6. The summed E-state index contributed by atoms with van der Waals surface area (Å²) in [7, 11) is 3.33. The number of nitrogens with one attached hydrogen (secondary N) is 1. The molecular formula is C24H25ClF3N5O3. The third kappa shape index (κ3) is 4.45. The maximum absolute atomic E-state index is 13.5. The summed E-state index contributed by atoms with van der Waals surface area (Å²) in [6.45, 7) is -2.99. The van der Waals surface area contributed by atoms with Crippen molar-refractivity contribution in [1.82, 2.24) is 19.3 Å². The predicted molar refractivity (Wildman–Crippen MR) is 124 cm³/mol. The van der Waals surface area contributed by atoms with Gasteiger partial charge in [-0.1, -0.05) is 11.6 Å². The Kier molecular flexibility index (Phi) is 6.24. The van der Waals surface area contributed by atoms with Gasteiger partial charge in [0, 0.05) is 31.8 Å². The lowest BCUT2D eigenvalue weighted by Crippen LogP contribution is -2.26. The van der Waals surface area contributed by atoms with Gasteiger partial charge in [0.05, 0.1) is 22.7 Å². The van der Waals surface area contributed by atoms with E-state index >= 15 is 0 Å². The van der Waals surface area contributed by atoms with Crippen LogP contribution in [0.1, 0.15) is 53.5 Å². The minimum Gasteiger partial charge on any atom is -0.415 e. The second-order valence-electron chi connectivity index (χ2n) is 9.67. The van der Waals surface area contributed by atoms with Crippen molar-refractivity contribution in [2.24, 2.45) is 25.9 Å². The molecule has 3 aromatic rings. The van der Waals surface area contributed by atoms with E-state index in [2.05, 4.69) is 20.1 Å². The van der Waals surface area contributed by atoms with E-state index in [9.17, 15) is 23.1 Å². The van der Waals surface area contributed by atoms with Crippen LogP contribution < -0.4 is 10.1 Å². The molecule has 2 heterocycles. The highest BCUT2D eigenvalue weighted by Crippen LogP contribution is 2.57.